The van der Waals surface area contributed by atoms with E-state index in [1.807, 2.05) is 0 Å². The largest absolute Gasteiger partial charge is 0.392 e. The quantitative estimate of drug-likeness (QED) is 0.714. The number of aliphatic hydroxyl groups excluding tert-OH is 1. The van der Waals surface area contributed by atoms with E-state index in [1.54, 1.807) is 0 Å². The zero-order chi connectivity index (χ0) is 10.5. The molecule has 0 aromatic heterocycles. The number of aliphatic hydroxyl groups is 1. The summed E-state index contributed by atoms with van der Waals surface area (Å²) in [7, 11) is 0. The molecule has 3 nitrogen and oxygen atoms in total. The standard InChI is InChI=1S/C12H22N2O/c1-2-3-12-8-13-4-5-14(9-12)7-10(6-13)11(12)15/h10-11,15H,2-9H2,1H3/t10?,11-,12?/m1/s1. The third-order valence-corrected chi connectivity index (χ3v) is 4.62. The van der Waals surface area contributed by atoms with Crippen LogP contribution >= 0.6 is 0 Å². The fraction of sp³-hybridized carbons (Fsp3) is 1.00. The Morgan fingerprint density at radius 2 is 1.80 bits per heavy atom. The highest BCUT2D eigenvalue weighted by atomic mass is 16.3. The van der Waals surface area contributed by atoms with Crippen molar-refractivity contribution < 1.29 is 5.11 Å². The summed E-state index contributed by atoms with van der Waals surface area (Å²) < 4.78 is 0. The Bertz CT molecular complexity index is 240. The minimum absolute atomic E-state index is 0.0388. The molecule has 0 spiro atoms. The summed E-state index contributed by atoms with van der Waals surface area (Å²) in [5.41, 5.74) is 0.201. The van der Waals surface area contributed by atoms with Gasteiger partial charge in [-0.1, -0.05) is 13.3 Å². The molecule has 0 saturated carbocycles. The van der Waals surface area contributed by atoms with Crippen molar-refractivity contribution in [3.8, 4) is 0 Å². The maximum atomic E-state index is 10.5. The maximum Gasteiger partial charge on any atom is 0.0673 e. The number of hydrogen-bond acceptors (Lipinski definition) is 3. The number of nitrogens with zero attached hydrogens (tertiary/aromatic N) is 2. The third-order valence-electron chi connectivity index (χ3n) is 4.62. The summed E-state index contributed by atoms with van der Waals surface area (Å²) in [6.07, 6.45) is 2.35. The monoisotopic (exact) mass is 210 g/mol. The second-order valence-electron chi connectivity index (χ2n) is 5.79. The first-order valence-electron chi connectivity index (χ1n) is 6.36. The smallest absolute Gasteiger partial charge is 0.0673 e. The van der Waals surface area contributed by atoms with E-state index in [9.17, 15) is 5.11 Å². The van der Waals surface area contributed by atoms with Gasteiger partial charge in [-0.15, -0.1) is 0 Å². The average Bonchev–Trinajstić information content (AvgIpc) is 2.43. The van der Waals surface area contributed by atoms with Crippen molar-refractivity contribution in [2.45, 2.75) is 25.9 Å². The van der Waals surface area contributed by atoms with Crippen LogP contribution in [0.5, 0.6) is 0 Å². The summed E-state index contributed by atoms with van der Waals surface area (Å²) in [4.78, 5) is 5.17. The molecular weight excluding hydrogens is 188 g/mol. The molecule has 1 N–H and O–H groups in total. The van der Waals surface area contributed by atoms with E-state index in [4.69, 9.17) is 0 Å². The van der Waals surface area contributed by atoms with Crippen molar-refractivity contribution in [1.82, 2.24) is 9.80 Å². The molecule has 15 heavy (non-hydrogen) atoms. The van der Waals surface area contributed by atoms with Gasteiger partial charge < -0.3 is 14.9 Å². The Morgan fingerprint density at radius 1 is 1.20 bits per heavy atom. The van der Waals surface area contributed by atoms with E-state index in [1.165, 1.54) is 25.9 Å². The molecule has 4 aliphatic rings. The van der Waals surface area contributed by atoms with Crippen molar-refractivity contribution >= 4 is 0 Å². The average molecular weight is 210 g/mol. The van der Waals surface area contributed by atoms with E-state index < -0.39 is 0 Å². The highest BCUT2D eigenvalue weighted by Gasteiger charge is 2.52. The van der Waals surface area contributed by atoms with Crippen LogP contribution in [0.1, 0.15) is 19.8 Å². The highest BCUT2D eigenvalue weighted by molar-refractivity contribution is 5.05. The third kappa shape index (κ3) is 1.44. The molecule has 4 heterocycles. The van der Waals surface area contributed by atoms with Gasteiger partial charge in [0.15, 0.2) is 0 Å². The fourth-order valence-corrected chi connectivity index (χ4v) is 4.10. The summed E-state index contributed by atoms with van der Waals surface area (Å²) in [6, 6.07) is 0. The molecule has 4 rings (SSSR count). The van der Waals surface area contributed by atoms with Gasteiger partial charge in [0.2, 0.25) is 0 Å². The second-order valence-corrected chi connectivity index (χ2v) is 5.79. The van der Waals surface area contributed by atoms with Gasteiger partial charge in [-0.05, 0) is 6.42 Å². The number of piperidine rings is 2. The molecule has 3 atom stereocenters. The van der Waals surface area contributed by atoms with E-state index in [0.29, 0.717) is 5.92 Å². The van der Waals surface area contributed by atoms with E-state index in [0.717, 1.165) is 26.2 Å². The van der Waals surface area contributed by atoms with Gasteiger partial charge in [0, 0.05) is 50.6 Å². The normalized spacial score (nSPS) is 53.2. The molecule has 0 aliphatic carbocycles. The van der Waals surface area contributed by atoms with E-state index >= 15 is 0 Å². The van der Waals surface area contributed by atoms with Gasteiger partial charge >= 0.3 is 0 Å². The summed E-state index contributed by atoms with van der Waals surface area (Å²) in [5, 5.41) is 10.5. The van der Waals surface area contributed by atoms with Crippen LogP contribution in [-0.4, -0.2) is 60.3 Å². The molecule has 2 unspecified atom stereocenters. The van der Waals surface area contributed by atoms with Crippen LogP contribution in [0.4, 0.5) is 0 Å². The van der Waals surface area contributed by atoms with Crippen molar-refractivity contribution in [3.05, 3.63) is 0 Å². The Balaban J connectivity index is 1.92. The van der Waals surface area contributed by atoms with Gasteiger partial charge in [-0.2, -0.15) is 0 Å². The Hall–Kier alpha value is -0.120. The Kier molecular flexibility index (Phi) is 2.31. The molecule has 0 amide bonds. The van der Waals surface area contributed by atoms with Crippen LogP contribution in [0, 0.1) is 11.3 Å². The lowest BCUT2D eigenvalue weighted by Gasteiger charge is -2.53. The van der Waals surface area contributed by atoms with Crippen LogP contribution in [0.25, 0.3) is 0 Å². The zero-order valence-corrected chi connectivity index (χ0v) is 9.65. The number of hydrogen-bond donors (Lipinski definition) is 1. The first-order valence-corrected chi connectivity index (χ1v) is 6.36. The molecule has 4 aliphatic heterocycles. The van der Waals surface area contributed by atoms with Crippen molar-refractivity contribution in [3.63, 3.8) is 0 Å². The molecule has 4 saturated heterocycles. The second kappa shape index (κ2) is 3.44. The summed E-state index contributed by atoms with van der Waals surface area (Å²) >= 11 is 0. The predicted molar refractivity (Wildman–Crippen MR) is 59.7 cm³/mol. The van der Waals surface area contributed by atoms with Gasteiger partial charge in [0.25, 0.3) is 0 Å². The number of fused-ring (bicyclic) bond motifs is 1. The van der Waals surface area contributed by atoms with Crippen molar-refractivity contribution in [1.29, 1.82) is 0 Å². The summed E-state index contributed by atoms with van der Waals surface area (Å²) in [6.45, 7) is 9.20. The lowest BCUT2D eigenvalue weighted by atomic mass is 9.67. The van der Waals surface area contributed by atoms with Gasteiger partial charge in [-0.3, -0.25) is 0 Å². The minimum atomic E-state index is -0.0388. The SMILES string of the molecule is CCCC12CN3CCN(CC(C3)[C@H]1O)C2. The molecule has 0 radical (unpaired) electrons. The van der Waals surface area contributed by atoms with E-state index in [-0.39, 0.29) is 11.5 Å². The van der Waals surface area contributed by atoms with Crippen LogP contribution in [-0.2, 0) is 0 Å². The lowest BCUT2D eigenvalue weighted by molar-refractivity contribution is -0.120. The molecular formula is C12H22N2O. The van der Waals surface area contributed by atoms with E-state index in [2.05, 4.69) is 16.7 Å². The first-order chi connectivity index (χ1) is 7.23. The predicted octanol–water partition coefficient (Wildman–Crippen LogP) is 0.395. The maximum absolute atomic E-state index is 10.5. The molecule has 0 aromatic rings. The first kappa shape index (κ1) is 10.1. The van der Waals surface area contributed by atoms with Crippen LogP contribution in [0.3, 0.4) is 0 Å². The van der Waals surface area contributed by atoms with Gasteiger partial charge in [-0.25, -0.2) is 0 Å². The molecule has 4 bridgehead atoms. The van der Waals surface area contributed by atoms with Gasteiger partial charge in [0.1, 0.15) is 0 Å². The lowest BCUT2D eigenvalue weighted by Crippen LogP contribution is -2.63. The number of rotatable bonds is 2. The van der Waals surface area contributed by atoms with Crippen LogP contribution in [0.15, 0.2) is 0 Å². The highest BCUT2D eigenvalue weighted by Crippen LogP contribution is 2.43. The van der Waals surface area contributed by atoms with Crippen molar-refractivity contribution in [2.75, 3.05) is 39.3 Å². The summed E-state index contributed by atoms with van der Waals surface area (Å²) in [5.74, 6) is 0.515. The van der Waals surface area contributed by atoms with Crippen LogP contribution in [0.2, 0.25) is 0 Å². The van der Waals surface area contributed by atoms with Crippen molar-refractivity contribution in [2.24, 2.45) is 11.3 Å². The molecule has 3 heteroatoms. The minimum Gasteiger partial charge on any atom is -0.392 e. The Morgan fingerprint density at radius 3 is 2.33 bits per heavy atom. The zero-order valence-electron chi connectivity index (χ0n) is 9.65. The fourth-order valence-electron chi connectivity index (χ4n) is 4.10. The van der Waals surface area contributed by atoms with Gasteiger partial charge in [0.05, 0.1) is 6.10 Å². The molecule has 0 aromatic carbocycles. The van der Waals surface area contributed by atoms with Crippen LogP contribution < -0.4 is 0 Å². The molecule has 86 valence electrons. The topological polar surface area (TPSA) is 26.7 Å². The molecule has 4 fully saturated rings. The Labute approximate surface area is 92.1 Å².